The molecule has 0 saturated heterocycles. The molecule has 0 fully saturated rings. The van der Waals surface area contributed by atoms with Crippen LogP contribution in [0.15, 0.2) is 72.9 Å². The average molecular weight is 480 g/mol. The Morgan fingerprint density at radius 3 is 2.32 bits per heavy atom. The summed E-state index contributed by atoms with van der Waals surface area (Å²) in [6.45, 7) is 0.242. The molecule has 0 radical (unpaired) electrons. The third kappa shape index (κ3) is 5.92. The van der Waals surface area contributed by atoms with Gasteiger partial charge in [-0.1, -0.05) is 60.1 Å². The summed E-state index contributed by atoms with van der Waals surface area (Å²) in [6.07, 6.45) is 2.16. The summed E-state index contributed by atoms with van der Waals surface area (Å²) in [5.74, 6) is -1.25. The summed E-state index contributed by atoms with van der Waals surface area (Å²) in [7, 11) is 3.55. The number of primary amides is 1. The number of nitrogens with two attached hydrogens (primary N) is 2. The van der Waals surface area contributed by atoms with E-state index in [0.29, 0.717) is 10.8 Å². The standard InChI is InChI=1S/C26H30ClN5O2/c1-32(2)26(25(29)34,15-18-7-4-3-5-8-18)22(14-19-9-6-10-21(27)13-19)24(33)31-17-20-11-12-23(28)30-16-20/h3-13,16,22H,14-15,17H2,1-2H3,(H2,28,30)(H2,29,34)(H,31,33)/t22-,26?/m1/s1. The average Bonchev–Trinajstić information content (AvgIpc) is 2.81. The van der Waals surface area contributed by atoms with Crippen molar-refractivity contribution in [1.29, 1.82) is 0 Å². The number of nitrogens with one attached hydrogen (secondary N) is 1. The highest BCUT2D eigenvalue weighted by molar-refractivity contribution is 6.30. The molecule has 1 unspecified atom stereocenters. The molecule has 3 rings (SSSR count). The molecule has 0 saturated carbocycles. The molecule has 3 aromatic rings. The molecule has 5 N–H and O–H groups in total. The Hall–Kier alpha value is -3.42. The molecule has 1 heterocycles. The molecule has 7 nitrogen and oxygen atoms in total. The van der Waals surface area contributed by atoms with E-state index in [9.17, 15) is 9.59 Å². The number of pyridine rings is 1. The van der Waals surface area contributed by atoms with Crippen molar-refractivity contribution in [2.24, 2.45) is 11.7 Å². The summed E-state index contributed by atoms with van der Waals surface area (Å²) in [6, 6.07) is 20.3. The fraction of sp³-hybridized carbons (Fsp3) is 0.269. The number of hydrogen-bond donors (Lipinski definition) is 3. The molecule has 0 spiro atoms. The van der Waals surface area contributed by atoms with Crippen molar-refractivity contribution in [3.05, 3.63) is 94.6 Å². The quantitative estimate of drug-likeness (QED) is 0.413. The Balaban J connectivity index is 2.01. The van der Waals surface area contributed by atoms with Gasteiger partial charge in [0.1, 0.15) is 11.4 Å². The van der Waals surface area contributed by atoms with Gasteiger partial charge in [-0.25, -0.2) is 4.98 Å². The molecule has 2 aromatic carbocycles. The Bertz CT molecular complexity index is 1120. The van der Waals surface area contributed by atoms with Crippen LogP contribution in [0.2, 0.25) is 5.02 Å². The zero-order valence-corrected chi connectivity index (χ0v) is 20.1. The van der Waals surface area contributed by atoms with E-state index in [-0.39, 0.29) is 25.3 Å². The number of anilines is 1. The van der Waals surface area contributed by atoms with Gasteiger partial charge in [0.25, 0.3) is 0 Å². The molecule has 0 bridgehead atoms. The van der Waals surface area contributed by atoms with E-state index in [2.05, 4.69) is 10.3 Å². The minimum absolute atomic E-state index is 0.242. The van der Waals surface area contributed by atoms with Crippen molar-refractivity contribution in [1.82, 2.24) is 15.2 Å². The van der Waals surface area contributed by atoms with Crippen LogP contribution in [0, 0.1) is 5.92 Å². The minimum atomic E-state index is -1.28. The van der Waals surface area contributed by atoms with Gasteiger partial charge in [0.2, 0.25) is 11.8 Å². The molecule has 2 atom stereocenters. The summed E-state index contributed by atoms with van der Waals surface area (Å²) < 4.78 is 0. The summed E-state index contributed by atoms with van der Waals surface area (Å²) >= 11 is 6.21. The van der Waals surface area contributed by atoms with Gasteiger partial charge in [0.05, 0.1) is 5.92 Å². The van der Waals surface area contributed by atoms with Gasteiger partial charge >= 0.3 is 0 Å². The van der Waals surface area contributed by atoms with Crippen molar-refractivity contribution in [2.45, 2.75) is 24.9 Å². The molecule has 2 amide bonds. The van der Waals surface area contributed by atoms with E-state index in [4.69, 9.17) is 23.1 Å². The Morgan fingerprint density at radius 1 is 1.03 bits per heavy atom. The second kappa shape index (κ2) is 11.1. The number of nitrogen functional groups attached to an aromatic ring is 1. The lowest BCUT2D eigenvalue weighted by atomic mass is 9.73. The van der Waals surface area contributed by atoms with Crippen LogP contribution in [0.3, 0.4) is 0 Å². The molecule has 0 aliphatic carbocycles. The number of hydrogen-bond acceptors (Lipinski definition) is 5. The zero-order chi connectivity index (χ0) is 24.7. The van der Waals surface area contributed by atoms with E-state index < -0.39 is 17.4 Å². The maximum Gasteiger partial charge on any atom is 0.239 e. The number of benzene rings is 2. The van der Waals surface area contributed by atoms with Crippen LogP contribution >= 0.6 is 11.6 Å². The fourth-order valence-corrected chi connectivity index (χ4v) is 4.42. The number of nitrogens with zero attached hydrogens (tertiary/aromatic N) is 2. The van der Waals surface area contributed by atoms with E-state index in [1.54, 1.807) is 49.5 Å². The van der Waals surface area contributed by atoms with Crippen LogP contribution in [0.5, 0.6) is 0 Å². The number of carbonyl (C=O) groups is 2. The van der Waals surface area contributed by atoms with Crippen LogP contribution in [0.4, 0.5) is 5.82 Å². The second-order valence-electron chi connectivity index (χ2n) is 8.54. The van der Waals surface area contributed by atoms with E-state index >= 15 is 0 Å². The van der Waals surface area contributed by atoms with Gasteiger partial charge in [0, 0.05) is 24.2 Å². The molecule has 178 valence electrons. The first-order valence-corrected chi connectivity index (χ1v) is 11.3. The second-order valence-corrected chi connectivity index (χ2v) is 8.98. The maximum absolute atomic E-state index is 13.7. The Kier molecular flexibility index (Phi) is 8.26. The SMILES string of the molecule is CN(C)C(Cc1ccccc1)(C(N)=O)[C@H](Cc1cccc(Cl)c1)C(=O)NCc1ccc(N)nc1. The molecular formula is C26H30ClN5O2. The van der Waals surface area contributed by atoms with Crippen molar-refractivity contribution in [3.63, 3.8) is 0 Å². The number of amides is 2. The first kappa shape index (κ1) is 25.2. The predicted octanol–water partition coefficient (Wildman–Crippen LogP) is 2.82. The number of rotatable bonds is 10. The highest BCUT2D eigenvalue weighted by atomic mass is 35.5. The number of likely N-dealkylation sites (N-methyl/N-ethyl adjacent to an activating group) is 1. The minimum Gasteiger partial charge on any atom is -0.384 e. The third-order valence-corrected chi connectivity index (χ3v) is 6.31. The smallest absolute Gasteiger partial charge is 0.239 e. The number of aromatic nitrogens is 1. The molecule has 0 aliphatic heterocycles. The van der Waals surface area contributed by atoms with Gasteiger partial charge in [-0.2, -0.15) is 0 Å². The first-order valence-electron chi connectivity index (χ1n) is 11.0. The monoisotopic (exact) mass is 479 g/mol. The van der Waals surface area contributed by atoms with Crippen LogP contribution in [0.25, 0.3) is 0 Å². The number of halogens is 1. The van der Waals surface area contributed by atoms with Crippen molar-refractivity contribution < 1.29 is 9.59 Å². The normalized spacial score (nSPS) is 13.8. The van der Waals surface area contributed by atoms with Crippen molar-refractivity contribution >= 4 is 29.2 Å². The molecule has 34 heavy (non-hydrogen) atoms. The van der Waals surface area contributed by atoms with Gasteiger partial charge in [0.15, 0.2) is 0 Å². The first-order chi connectivity index (χ1) is 16.2. The summed E-state index contributed by atoms with van der Waals surface area (Å²) in [4.78, 5) is 32.6. The lowest BCUT2D eigenvalue weighted by molar-refractivity contribution is -0.142. The highest BCUT2D eigenvalue weighted by Crippen LogP contribution is 2.32. The topological polar surface area (TPSA) is 114 Å². The molecule has 0 aliphatic rings. The van der Waals surface area contributed by atoms with Crippen LogP contribution in [-0.4, -0.2) is 41.3 Å². The van der Waals surface area contributed by atoms with E-state index in [0.717, 1.165) is 16.7 Å². The lowest BCUT2D eigenvalue weighted by Gasteiger charge is -2.43. The summed E-state index contributed by atoms with van der Waals surface area (Å²) in [5, 5.41) is 3.52. The van der Waals surface area contributed by atoms with Gasteiger partial charge in [-0.15, -0.1) is 0 Å². The van der Waals surface area contributed by atoms with Gasteiger partial charge in [-0.05, 0) is 55.4 Å². The van der Waals surface area contributed by atoms with Crippen molar-refractivity contribution in [3.8, 4) is 0 Å². The molecule has 1 aromatic heterocycles. The maximum atomic E-state index is 13.7. The fourth-order valence-electron chi connectivity index (χ4n) is 4.21. The van der Waals surface area contributed by atoms with Crippen molar-refractivity contribution in [2.75, 3.05) is 19.8 Å². The van der Waals surface area contributed by atoms with E-state index in [1.165, 1.54) is 0 Å². The van der Waals surface area contributed by atoms with Crippen LogP contribution in [-0.2, 0) is 29.0 Å². The van der Waals surface area contributed by atoms with Crippen LogP contribution < -0.4 is 16.8 Å². The molecule has 8 heteroatoms. The Labute approximate surface area is 205 Å². The largest absolute Gasteiger partial charge is 0.384 e. The van der Waals surface area contributed by atoms with E-state index in [1.807, 2.05) is 42.5 Å². The molecular weight excluding hydrogens is 450 g/mol. The Morgan fingerprint density at radius 2 is 1.74 bits per heavy atom. The highest BCUT2D eigenvalue weighted by Gasteiger charge is 2.49. The predicted molar refractivity (Wildman–Crippen MR) is 135 cm³/mol. The van der Waals surface area contributed by atoms with Gasteiger partial charge in [-0.3, -0.25) is 14.5 Å². The zero-order valence-electron chi connectivity index (χ0n) is 19.4. The number of carbonyl (C=O) groups excluding carboxylic acids is 2. The third-order valence-electron chi connectivity index (χ3n) is 6.08. The summed E-state index contributed by atoms with van der Waals surface area (Å²) in [5.41, 5.74) is 13.0. The van der Waals surface area contributed by atoms with Gasteiger partial charge < -0.3 is 16.8 Å². The van der Waals surface area contributed by atoms with Crippen LogP contribution in [0.1, 0.15) is 16.7 Å². The lowest BCUT2D eigenvalue weighted by Crippen LogP contribution is -2.64.